The van der Waals surface area contributed by atoms with E-state index in [0.29, 0.717) is 70.8 Å². The van der Waals surface area contributed by atoms with Crippen LogP contribution in [0.5, 0.6) is 0 Å². The molecule has 0 aliphatic carbocycles. The lowest BCUT2D eigenvalue weighted by Crippen LogP contribution is -2.59. The minimum atomic E-state index is -1.54. The number of ether oxygens (including phenoxy) is 3. The maximum Gasteiger partial charge on any atom is 0.261 e. The molecule has 75 heavy (non-hydrogen) atoms. The van der Waals surface area contributed by atoms with Gasteiger partial charge < -0.3 is 45.3 Å². The number of hydrogen-bond acceptors (Lipinski definition) is 17. The summed E-state index contributed by atoms with van der Waals surface area (Å²) in [5.74, 6) is -4.85. The van der Waals surface area contributed by atoms with Gasteiger partial charge in [0.15, 0.2) is 0 Å². The van der Waals surface area contributed by atoms with Crippen molar-refractivity contribution in [1.82, 2.24) is 46.3 Å². The van der Waals surface area contributed by atoms with Crippen molar-refractivity contribution in [1.29, 1.82) is 0 Å². The van der Waals surface area contributed by atoms with Gasteiger partial charge in [0.25, 0.3) is 11.8 Å². The van der Waals surface area contributed by atoms with Gasteiger partial charge in [0, 0.05) is 152 Å². The number of hydrogen-bond donors (Lipinski definition) is 7. The van der Waals surface area contributed by atoms with E-state index < -0.39 is 46.9 Å². The van der Waals surface area contributed by atoms with Crippen molar-refractivity contribution in [2.24, 2.45) is 0 Å². The Bertz CT molecular complexity index is 2200. The lowest BCUT2D eigenvalue weighted by molar-refractivity contribution is -0.159. The second kappa shape index (κ2) is 30.5. The molecule has 26 heteroatoms. The van der Waals surface area contributed by atoms with Crippen molar-refractivity contribution < 1.29 is 77.8 Å². The summed E-state index contributed by atoms with van der Waals surface area (Å²) in [6.45, 7) is 2.08. The smallest absolute Gasteiger partial charge is 0.261 e. The number of carbonyl (C=O) groups is 10. The number of imide groups is 1. The van der Waals surface area contributed by atoms with E-state index in [9.17, 15) is 63.6 Å². The molecule has 2 aromatic rings. The summed E-state index contributed by atoms with van der Waals surface area (Å²) in [5.41, 5.74) is 0.213. The second-order valence-electron chi connectivity index (χ2n) is 18.1. The molecule has 0 radical (unpaired) electrons. The summed E-state index contributed by atoms with van der Waals surface area (Å²) in [4.78, 5) is 132. The van der Waals surface area contributed by atoms with Crippen molar-refractivity contribution >= 4 is 75.5 Å². The number of piperazine rings is 1. The highest BCUT2D eigenvalue weighted by Crippen LogP contribution is 2.36. The van der Waals surface area contributed by atoms with Crippen molar-refractivity contribution in [3.8, 4) is 0 Å². The van der Waals surface area contributed by atoms with E-state index in [1.54, 1.807) is 23.1 Å². The average molecular weight is 1060 g/mol. The number of nitrogens with zero attached hydrogens (tertiary/aromatic N) is 6. The molecule has 2 aliphatic heterocycles. The second-order valence-corrected chi connectivity index (χ2v) is 18.1. The summed E-state index contributed by atoms with van der Waals surface area (Å²) < 4.78 is 17.7. The minimum absolute atomic E-state index is 0.0557. The van der Waals surface area contributed by atoms with Crippen LogP contribution in [-0.2, 0) is 52.6 Å². The van der Waals surface area contributed by atoms with Gasteiger partial charge in [0.05, 0.1) is 39.6 Å². The first-order valence-electron chi connectivity index (χ1n) is 24.9. The Labute approximate surface area is 434 Å². The molecule has 414 valence electrons. The van der Waals surface area contributed by atoms with Crippen LogP contribution < -0.4 is 26.2 Å². The van der Waals surface area contributed by atoms with Crippen LogP contribution in [0, 0.1) is 0 Å². The highest BCUT2D eigenvalue weighted by atomic mass is 16.5. The van der Waals surface area contributed by atoms with Crippen LogP contribution in [0.25, 0.3) is 10.8 Å². The monoisotopic (exact) mass is 1060 g/mol. The number of nitrogens with one attached hydrogen (secondary N) is 4. The molecule has 2 aromatic carbocycles. The van der Waals surface area contributed by atoms with E-state index >= 15 is 0 Å². The fraction of sp³-hybridized carbons (Fsp3) is 0.592. The Balaban J connectivity index is 1.42. The van der Waals surface area contributed by atoms with E-state index in [1.165, 1.54) is 4.90 Å². The van der Waals surface area contributed by atoms with Gasteiger partial charge in [-0.15, -0.1) is 0 Å². The summed E-state index contributed by atoms with van der Waals surface area (Å²) in [5, 5.41) is 40.9. The van der Waals surface area contributed by atoms with E-state index in [-0.39, 0.29) is 128 Å². The van der Waals surface area contributed by atoms with Gasteiger partial charge in [0.2, 0.25) is 47.3 Å². The number of anilines is 1. The highest BCUT2D eigenvalue weighted by molar-refractivity contribution is 6.26. The van der Waals surface area contributed by atoms with Gasteiger partial charge in [-0.1, -0.05) is 25.5 Å². The number of benzene rings is 2. The van der Waals surface area contributed by atoms with Crippen LogP contribution >= 0.6 is 0 Å². The van der Waals surface area contributed by atoms with Gasteiger partial charge in [-0.2, -0.15) is 0 Å². The summed E-state index contributed by atoms with van der Waals surface area (Å²) in [6, 6.07) is 9.03. The van der Waals surface area contributed by atoms with Crippen LogP contribution in [0.1, 0.15) is 91.8 Å². The zero-order chi connectivity index (χ0) is 55.1. The first-order chi connectivity index (χ1) is 35.8. The number of unbranched alkanes of at least 4 members (excludes halogenated alkanes) is 1. The Morgan fingerprint density at radius 2 is 1.04 bits per heavy atom. The van der Waals surface area contributed by atoms with Crippen molar-refractivity contribution in [3.05, 3.63) is 41.5 Å². The van der Waals surface area contributed by atoms with E-state index in [2.05, 4.69) is 26.2 Å². The molecule has 4 rings (SSSR count). The van der Waals surface area contributed by atoms with Crippen LogP contribution in [0.15, 0.2) is 30.3 Å². The predicted octanol–water partition coefficient (Wildman–Crippen LogP) is -0.199. The minimum Gasteiger partial charge on any atom is -0.378 e. The van der Waals surface area contributed by atoms with Crippen LogP contribution in [0.4, 0.5) is 5.69 Å². The molecule has 0 aromatic heterocycles. The van der Waals surface area contributed by atoms with E-state index in [0.717, 1.165) is 38.6 Å². The first-order valence-corrected chi connectivity index (χ1v) is 24.9. The molecular formula is C49H72N10O16. The molecule has 0 spiro atoms. The third kappa shape index (κ3) is 19.1. The molecule has 0 atom stereocenters. The summed E-state index contributed by atoms with van der Waals surface area (Å²) >= 11 is 0. The SMILES string of the molecule is CCCCN1C(=O)c2cccc3c(N4CCN(C(=O)CCC(=O)NC(COCCC(=O)NCCC(=O)N(C)O)(COCCC(=O)NCCC(=O)N(C)O)COCCC(=O)NCCC(=O)N(C)O)CC4)ccc(c23)C1=O. The van der Waals surface area contributed by atoms with E-state index in [1.807, 2.05) is 19.1 Å². The number of rotatable bonds is 32. The van der Waals surface area contributed by atoms with Crippen LogP contribution in [0.2, 0.25) is 0 Å². The predicted molar refractivity (Wildman–Crippen MR) is 266 cm³/mol. The van der Waals surface area contributed by atoms with E-state index in [4.69, 9.17) is 14.2 Å². The Kier molecular flexibility index (Phi) is 24.7. The molecular weight excluding hydrogens is 985 g/mol. The highest BCUT2D eigenvalue weighted by Gasteiger charge is 2.36. The van der Waals surface area contributed by atoms with Crippen molar-refractivity contribution in [3.63, 3.8) is 0 Å². The molecule has 0 saturated carbocycles. The lowest BCUT2D eigenvalue weighted by Gasteiger charge is -2.37. The Hall–Kier alpha value is -6.84. The average Bonchev–Trinajstić information content (AvgIpc) is 3.38. The molecule has 0 bridgehead atoms. The van der Waals surface area contributed by atoms with Crippen LogP contribution in [-0.4, -0.2) is 218 Å². The number of carbonyl (C=O) groups excluding carboxylic acids is 10. The molecule has 1 fully saturated rings. The van der Waals surface area contributed by atoms with Gasteiger partial charge in [-0.05, 0) is 24.6 Å². The maximum absolute atomic E-state index is 13.9. The van der Waals surface area contributed by atoms with Gasteiger partial charge >= 0.3 is 0 Å². The Morgan fingerprint density at radius 3 is 1.48 bits per heavy atom. The largest absolute Gasteiger partial charge is 0.378 e. The third-order valence-electron chi connectivity index (χ3n) is 12.3. The van der Waals surface area contributed by atoms with Crippen molar-refractivity contribution in [2.75, 3.05) is 118 Å². The molecule has 0 unspecified atom stereocenters. The molecule has 2 heterocycles. The van der Waals surface area contributed by atoms with Crippen molar-refractivity contribution in [2.45, 2.75) is 76.7 Å². The van der Waals surface area contributed by atoms with Gasteiger partial charge in [0.1, 0.15) is 5.54 Å². The molecule has 7 N–H and O–H groups in total. The zero-order valence-electron chi connectivity index (χ0n) is 43.2. The van der Waals surface area contributed by atoms with Gasteiger partial charge in [-0.25, -0.2) is 15.2 Å². The zero-order valence-corrected chi connectivity index (χ0v) is 43.2. The first kappa shape index (κ1) is 60.7. The fourth-order valence-corrected chi connectivity index (χ4v) is 8.07. The van der Waals surface area contributed by atoms with Crippen LogP contribution in [0.3, 0.4) is 0 Å². The topological polar surface area (TPSA) is 327 Å². The van der Waals surface area contributed by atoms with Gasteiger partial charge in [-0.3, -0.25) is 68.5 Å². The summed E-state index contributed by atoms with van der Waals surface area (Å²) in [7, 11) is 3.47. The molecule has 10 amide bonds. The molecule has 26 nitrogen and oxygen atoms in total. The quantitative estimate of drug-likeness (QED) is 0.0216. The molecule has 2 aliphatic rings. The molecule has 1 saturated heterocycles. The number of amides is 10. The Morgan fingerprint density at radius 1 is 0.587 bits per heavy atom. The maximum atomic E-state index is 13.9. The third-order valence-corrected chi connectivity index (χ3v) is 12.3. The summed E-state index contributed by atoms with van der Waals surface area (Å²) in [6.07, 6.45) is 0.0258. The standard InChI is InChI=1S/C49H72N10O16/c1-5-6-23-59-47(68)35-9-7-8-34-37(11-10-36(46(34)35)48(59)69)57-24-26-58(27-25-57)45(67)13-12-41(63)53-49(31-73-28-17-38(60)50-20-14-42(64)54(2)70,32-74-29-18-39(61)51-21-15-43(65)55(3)71)33-75-30-19-40(62)52-22-16-44(66)56(4)72/h7-11,70-72H,5-6,12-33H2,1-4H3,(H,50,60)(H,51,61)(H,52,62)(H,53,63). The lowest BCUT2D eigenvalue weighted by atomic mass is 9.92. The fourth-order valence-electron chi connectivity index (χ4n) is 8.07. The normalized spacial score (nSPS) is 13.3. The number of hydroxylamine groups is 6.